The molecule has 2 atom stereocenters. The van der Waals surface area contributed by atoms with Gasteiger partial charge in [0.25, 0.3) is 0 Å². The van der Waals surface area contributed by atoms with E-state index in [1.54, 1.807) is 0 Å². The second-order valence-corrected chi connectivity index (χ2v) is 5.75. The van der Waals surface area contributed by atoms with Crippen molar-refractivity contribution in [1.29, 1.82) is 0 Å². The summed E-state index contributed by atoms with van der Waals surface area (Å²) in [6.45, 7) is 6.22. The predicted octanol–water partition coefficient (Wildman–Crippen LogP) is 2.77. The molecule has 1 aliphatic rings. The molecule has 0 radical (unpaired) electrons. The fourth-order valence-corrected chi connectivity index (χ4v) is 2.76. The molecular formula is C15H20BrNO3. The van der Waals surface area contributed by atoms with E-state index in [1.807, 2.05) is 32.0 Å². The van der Waals surface area contributed by atoms with Gasteiger partial charge in [-0.2, -0.15) is 0 Å². The molecule has 0 bridgehead atoms. The van der Waals surface area contributed by atoms with Crippen LogP contribution in [0, 0.1) is 0 Å². The number of ether oxygens (including phenoxy) is 2. The molecule has 0 aromatic heterocycles. The van der Waals surface area contributed by atoms with Gasteiger partial charge in [0.05, 0.1) is 19.3 Å². The Morgan fingerprint density at radius 3 is 3.10 bits per heavy atom. The lowest BCUT2D eigenvalue weighted by Gasteiger charge is -2.35. The second-order valence-electron chi connectivity index (χ2n) is 4.84. The fourth-order valence-electron chi connectivity index (χ4n) is 2.34. The molecule has 1 heterocycles. The van der Waals surface area contributed by atoms with Crippen molar-refractivity contribution in [1.82, 2.24) is 4.90 Å². The quantitative estimate of drug-likeness (QED) is 0.789. The first kappa shape index (κ1) is 15.5. The summed E-state index contributed by atoms with van der Waals surface area (Å²) in [4.78, 5) is 13.9. The molecule has 0 N–H and O–H groups in total. The summed E-state index contributed by atoms with van der Waals surface area (Å²) in [5, 5.41) is 0. The highest BCUT2D eigenvalue weighted by Crippen LogP contribution is 2.25. The normalized spacial score (nSPS) is 21.4. The van der Waals surface area contributed by atoms with Crippen LogP contribution in [-0.2, 0) is 14.3 Å². The standard InChI is InChI=1S/C15H20BrNO3/c1-3-19-15(18)11(2)17-7-8-20-14(10-17)12-5-4-6-13(16)9-12/h4-6,9,11,14H,3,7-8,10H2,1-2H3. The summed E-state index contributed by atoms with van der Waals surface area (Å²) in [6.07, 6.45) is -0.00173. The van der Waals surface area contributed by atoms with Gasteiger partial charge in [0.1, 0.15) is 6.04 Å². The zero-order valence-electron chi connectivity index (χ0n) is 11.8. The summed E-state index contributed by atoms with van der Waals surface area (Å²) >= 11 is 3.47. The Bertz CT molecular complexity index is 466. The predicted molar refractivity (Wildman–Crippen MR) is 80.5 cm³/mol. The van der Waals surface area contributed by atoms with Crippen LogP contribution < -0.4 is 0 Å². The SMILES string of the molecule is CCOC(=O)C(C)N1CCOC(c2cccc(Br)c2)C1. The van der Waals surface area contributed by atoms with Crippen molar-refractivity contribution in [2.75, 3.05) is 26.3 Å². The van der Waals surface area contributed by atoms with E-state index in [0.717, 1.165) is 16.6 Å². The Hall–Kier alpha value is -0.910. The van der Waals surface area contributed by atoms with Crippen LogP contribution >= 0.6 is 15.9 Å². The lowest BCUT2D eigenvalue weighted by molar-refractivity contribution is -0.152. The highest BCUT2D eigenvalue weighted by Gasteiger charge is 2.29. The van der Waals surface area contributed by atoms with Crippen LogP contribution in [0.25, 0.3) is 0 Å². The van der Waals surface area contributed by atoms with Crippen LogP contribution in [0.5, 0.6) is 0 Å². The molecule has 5 heteroatoms. The first-order chi connectivity index (χ1) is 9.61. The highest BCUT2D eigenvalue weighted by atomic mass is 79.9. The van der Waals surface area contributed by atoms with Crippen molar-refractivity contribution in [2.45, 2.75) is 26.0 Å². The molecule has 1 aromatic rings. The van der Waals surface area contributed by atoms with E-state index in [9.17, 15) is 4.79 Å². The topological polar surface area (TPSA) is 38.8 Å². The lowest BCUT2D eigenvalue weighted by Crippen LogP contribution is -2.47. The van der Waals surface area contributed by atoms with Crippen molar-refractivity contribution >= 4 is 21.9 Å². The van der Waals surface area contributed by atoms with Crippen molar-refractivity contribution in [2.24, 2.45) is 0 Å². The lowest BCUT2D eigenvalue weighted by atomic mass is 10.1. The smallest absolute Gasteiger partial charge is 0.323 e. The molecule has 20 heavy (non-hydrogen) atoms. The zero-order chi connectivity index (χ0) is 14.5. The summed E-state index contributed by atoms with van der Waals surface area (Å²) in [7, 11) is 0. The minimum atomic E-state index is -0.228. The second kappa shape index (κ2) is 7.20. The number of hydrogen-bond donors (Lipinski definition) is 0. The minimum absolute atomic E-state index is 0.00173. The third-order valence-corrected chi connectivity index (χ3v) is 3.99. The van der Waals surface area contributed by atoms with Gasteiger partial charge < -0.3 is 9.47 Å². The molecule has 2 unspecified atom stereocenters. The van der Waals surface area contributed by atoms with Gasteiger partial charge in [-0.3, -0.25) is 9.69 Å². The van der Waals surface area contributed by atoms with E-state index in [-0.39, 0.29) is 18.1 Å². The average Bonchev–Trinajstić information content (AvgIpc) is 2.47. The van der Waals surface area contributed by atoms with Gasteiger partial charge in [0, 0.05) is 17.6 Å². The number of halogens is 1. The van der Waals surface area contributed by atoms with Gasteiger partial charge in [-0.1, -0.05) is 28.1 Å². The number of morpholine rings is 1. The van der Waals surface area contributed by atoms with E-state index in [0.29, 0.717) is 19.8 Å². The van der Waals surface area contributed by atoms with Gasteiger partial charge in [-0.25, -0.2) is 0 Å². The van der Waals surface area contributed by atoms with Crippen LogP contribution in [-0.4, -0.2) is 43.2 Å². The number of carbonyl (C=O) groups is 1. The maximum Gasteiger partial charge on any atom is 0.323 e. The largest absolute Gasteiger partial charge is 0.465 e. The molecule has 4 nitrogen and oxygen atoms in total. The molecule has 0 saturated carbocycles. The third kappa shape index (κ3) is 3.81. The Morgan fingerprint density at radius 2 is 2.40 bits per heavy atom. The van der Waals surface area contributed by atoms with Gasteiger partial charge in [0.15, 0.2) is 0 Å². The molecule has 0 amide bonds. The van der Waals surface area contributed by atoms with E-state index in [4.69, 9.17) is 9.47 Å². The molecule has 0 aliphatic carbocycles. The Labute approximate surface area is 128 Å². The number of nitrogens with zero attached hydrogens (tertiary/aromatic N) is 1. The molecule has 0 spiro atoms. The Kier molecular flexibility index (Phi) is 5.57. The average molecular weight is 342 g/mol. The minimum Gasteiger partial charge on any atom is -0.465 e. The number of hydrogen-bond acceptors (Lipinski definition) is 4. The van der Waals surface area contributed by atoms with Crippen molar-refractivity contribution in [3.05, 3.63) is 34.3 Å². The molecule has 2 rings (SSSR count). The summed E-state index contributed by atoms with van der Waals surface area (Å²) in [5.41, 5.74) is 1.13. The molecule has 1 aromatic carbocycles. The first-order valence-corrected chi connectivity index (χ1v) is 7.69. The maximum absolute atomic E-state index is 11.8. The molecule has 1 saturated heterocycles. The van der Waals surface area contributed by atoms with E-state index in [2.05, 4.69) is 26.9 Å². The van der Waals surface area contributed by atoms with Gasteiger partial charge in [-0.05, 0) is 31.5 Å². The van der Waals surface area contributed by atoms with Gasteiger partial charge in [0.2, 0.25) is 0 Å². The van der Waals surface area contributed by atoms with Crippen LogP contribution in [0.1, 0.15) is 25.5 Å². The number of rotatable bonds is 4. The Balaban J connectivity index is 2.03. The van der Waals surface area contributed by atoms with Crippen LogP contribution in [0.4, 0.5) is 0 Å². The monoisotopic (exact) mass is 341 g/mol. The summed E-state index contributed by atoms with van der Waals surface area (Å²) < 4.78 is 11.9. The van der Waals surface area contributed by atoms with Gasteiger partial charge >= 0.3 is 5.97 Å². The summed E-state index contributed by atoms with van der Waals surface area (Å²) in [5.74, 6) is -0.164. The highest BCUT2D eigenvalue weighted by molar-refractivity contribution is 9.10. The van der Waals surface area contributed by atoms with Crippen LogP contribution in [0.2, 0.25) is 0 Å². The number of benzene rings is 1. The van der Waals surface area contributed by atoms with Crippen LogP contribution in [0.3, 0.4) is 0 Å². The van der Waals surface area contributed by atoms with Crippen molar-refractivity contribution in [3.63, 3.8) is 0 Å². The third-order valence-electron chi connectivity index (χ3n) is 3.49. The number of carbonyl (C=O) groups excluding carboxylic acids is 1. The Morgan fingerprint density at radius 1 is 1.60 bits per heavy atom. The van der Waals surface area contributed by atoms with E-state index in [1.165, 1.54) is 0 Å². The summed E-state index contributed by atoms with van der Waals surface area (Å²) in [6, 6.07) is 7.87. The van der Waals surface area contributed by atoms with Crippen molar-refractivity contribution in [3.8, 4) is 0 Å². The number of esters is 1. The van der Waals surface area contributed by atoms with Crippen molar-refractivity contribution < 1.29 is 14.3 Å². The molecular weight excluding hydrogens is 322 g/mol. The van der Waals surface area contributed by atoms with E-state index >= 15 is 0 Å². The van der Waals surface area contributed by atoms with E-state index < -0.39 is 0 Å². The van der Waals surface area contributed by atoms with Crippen LogP contribution in [0.15, 0.2) is 28.7 Å². The zero-order valence-corrected chi connectivity index (χ0v) is 13.4. The first-order valence-electron chi connectivity index (χ1n) is 6.89. The molecule has 1 aliphatic heterocycles. The molecule has 1 fully saturated rings. The fraction of sp³-hybridized carbons (Fsp3) is 0.533. The molecule has 110 valence electrons. The van der Waals surface area contributed by atoms with Gasteiger partial charge in [-0.15, -0.1) is 0 Å². The maximum atomic E-state index is 11.8.